The van der Waals surface area contributed by atoms with Gasteiger partial charge in [-0.25, -0.2) is 4.79 Å². The van der Waals surface area contributed by atoms with E-state index >= 15 is 0 Å². The van der Waals surface area contributed by atoms with Crippen LogP contribution < -0.4 is 5.32 Å². The molecule has 116 valence electrons. The monoisotopic (exact) mass is 293 g/mol. The third kappa shape index (κ3) is 3.74. The van der Waals surface area contributed by atoms with Crippen LogP contribution in [0.15, 0.2) is 12.4 Å². The Bertz CT molecular complexity index is 486. The lowest BCUT2D eigenvalue weighted by molar-refractivity contribution is -0.127. The van der Waals surface area contributed by atoms with E-state index in [1.54, 1.807) is 36.3 Å². The molecule has 2 N–H and O–H groups in total. The van der Waals surface area contributed by atoms with Crippen molar-refractivity contribution in [2.75, 3.05) is 27.2 Å². The van der Waals surface area contributed by atoms with Crippen molar-refractivity contribution in [3.8, 4) is 0 Å². The van der Waals surface area contributed by atoms with Crippen molar-refractivity contribution in [2.24, 2.45) is 5.92 Å². The van der Waals surface area contributed by atoms with Gasteiger partial charge in [-0.2, -0.15) is 5.10 Å². The van der Waals surface area contributed by atoms with Crippen LogP contribution in [0.5, 0.6) is 0 Å². The molecule has 3 amide bonds. The number of hydrogen-bond acceptors (Lipinski definition) is 3. The number of likely N-dealkylation sites (tertiary alicyclic amines) is 1. The Balaban J connectivity index is 1.91. The molecule has 0 aliphatic carbocycles. The quantitative estimate of drug-likeness (QED) is 0.871. The molecule has 1 fully saturated rings. The van der Waals surface area contributed by atoms with Crippen molar-refractivity contribution in [2.45, 2.75) is 25.8 Å². The second kappa shape index (κ2) is 6.60. The number of rotatable bonds is 3. The lowest BCUT2D eigenvalue weighted by Gasteiger charge is -2.34. The van der Waals surface area contributed by atoms with E-state index in [9.17, 15) is 9.59 Å². The predicted octanol–water partition coefficient (Wildman–Crippen LogP) is 0.980. The average Bonchev–Trinajstić information content (AvgIpc) is 3.00. The molecule has 1 aromatic rings. The van der Waals surface area contributed by atoms with E-state index in [4.69, 9.17) is 0 Å². The smallest absolute Gasteiger partial charge is 0.319 e. The number of urea groups is 1. The van der Waals surface area contributed by atoms with Gasteiger partial charge in [-0.15, -0.1) is 0 Å². The molecule has 2 rings (SSSR count). The van der Waals surface area contributed by atoms with Crippen LogP contribution in [0, 0.1) is 5.92 Å². The van der Waals surface area contributed by atoms with Crippen molar-refractivity contribution in [3.63, 3.8) is 0 Å². The highest BCUT2D eigenvalue weighted by Crippen LogP contribution is 2.19. The standard InChI is InChI=1S/C14H23N5O2/c1-10(12-7-15-16-8-12)17-13(20)11-5-4-6-19(9-11)14(21)18(2)3/h7-8,10-11H,4-6,9H2,1-3H3,(H,15,16)(H,17,20). The Kier molecular flexibility index (Phi) is 4.82. The van der Waals surface area contributed by atoms with E-state index in [2.05, 4.69) is 15.5 Å². The maximum atomic E-state index is 12.3. The summed E-state index contributed by atoms with van der Waals surface area (Å²) in [7, 11) is 3.46. The number of aromatic amines is 1. The Morgan fingerprint density at radius 1 is 1.52 bits per heavy atom. The first kappa shape index (κ1) is 15.3. The van der Waals surface area contributed by atoms with Crippen LogP contribution in [0.1, 0.15) is 31.4 Å². The summed E-state index contributed by atoms with van der Waals surface area (Å²) in [5.41, 5.74) is 0.945. The van der Waals surface area contributed by atoms with Crippen LogP contribution in [-0.4, -0.2) is 59.1 Å². The van der Waals surface area contributed by atoms with Crippen LogP contribution in [0.2, 0.25) is 0 Å². The summed E-state index contributed by atoms with van der Waals surface area (Å²) in [5, 5.41) is 9.61. The Hall–Kier alpha value is -2.05. The first-order valence-electron chi connectivity index (χ1n) is 7.24. The van der Waals surface area contributed by atoms with Crippen molar-refractivity contribution in [3.05, 3.63) is 18.0 Å². The van der Waals surface area contributed by atoms with Crippen LogP contribution in [0.4, 0.5) is 4.79 Å². The van der Waals surface area contributed by atoms with Gasteiger partial charge in [0.1, 0.15) is 0 Å². The minimum absolute atomic E-state index is 0.0000406. The van der Waals surface area contributed by atoms with Gasteiger partial charge in [-0.05, 0) is 19.8 Å². The Labute approximate surface area is 124 Å². The molecule has 1 saturated heterocycles. The molecule has 0 spiro atoms. The number of piperidine rings is 1. The zero-order chi connectivity index (χ0) is 15.4. The fourth-order valence-electron chi connectivity index (χ4n) is 2.56. The van der Waals surface area contributed by atoms with Gasteiger partial charge in [-0.3, -0.25) is 9.89 Å². The highest BCUT2D eigenvalue weighted by atomic mass is 16.2. The minimum atomic E-state index is -0.142. The molecule has 2 heterocycles. The summed E-state index contributed by atoms with van der Waals surface area (Å²) in [6.07, 6.45) is 5.15. The lowest BCUT2D eigenvalue weighted by Crippen LogP contribution is -2.48. The molecule has 2 unspecified atom stereocenters. The third-order valence-corrected chi connectivity index (χ3v) is 3.82. The zero-order valence-electron chi connectivity index (χ0n) is 12.8. The molecule has 1 aromatic heterocycles. The number of carbonyl (C=O) groups excluding carboxylic acids is 2. The topological polar surface area (TPSA) is 81.3 Å². The number of nitrogens with zero attached hydrogens (tertiary/aromatic N) is 3. The molecule has 0 bridgehead atoms. The summed E-state index contributed by atoms with van der Waals surface area (Å²) in [6.45, 7) is 3.13. The summed E-state index contributed by atoms with van der Waals surface area (Å²) >= 11 is 0. The number of hydrogen-bond donors (Lipinski definition) is 2. The van der Waals surface area contributed by atoms with Crippen molar-refractivity contribution in [1.29, 1.82) is 0 Å². The third-order valence-electron chi connectivity index (χ3n) is 3.82. The maximum Gasteiger partial charge on any atom is 0.319 e. The Morgan fingerprint density at radius 2 is 2.29 bits per heavy atom. The van der Waals surface area contributed by atoms with Crippen molar-refractivity contribution >= 4 is 11.9 Å². The van der Waals surface area contributed by atoms with Gasteiger partial charge in [0.2, 0.25) is 5.91 Å². The number of nitrogens with one attached hydrogen (secondary N) is 2. The van der Waals surface area contributed by atoms with E-state index in [1.165, 1.54) is 0 Å². The normalized spacial score (nSPS) is 20.0. The first-order valence-corrected chi connectivity index (χ1v) is 7.24. The fourth-order valence-corrected chi connectivity index (χ4v) is 2.56. The van der Waals surface area contributed by atoms with E-state index in [1.807, 2.05) is 6.92 Å². The summed E-state index contributed by atoms with van der Waals surface area (Å²) in [5.74, 6) is -0.142. The van der Waals surface area contributed by atoms with Gasteiger partial charge >= 0.3 is 6.03 Å². The van der Waals surface area contributed by atoms with Gasteiger partial charge < -0.3 is 15.1 Å². The lowest BCUT2D eigenvalue weighted by atomic mass is 9.96. The molecule has 1 aliphatic heterocycles. The highest BCUT2D eigenvalue weighted by molar-refractivity contribution is 5.81. The number of amides is 3. The largest absolute Gasteiger partial charge is 0.349 e. The molecule has 0 radical (unpaired) electrons. The molecule has 7 nitrogen and oxygen atoms in total. The molecule has 2 atom stereocenters. The van der Waals surface area contributed by atoms with E-state index in [0.29, 0.717) is 6.54 Å². The van der Waals surface area contributed by atoms with Crippen LogP contribution in [0.25, 0.3) is 0 Å². The van der Waals surface area contributed by atoms with Crippen LogP contribution in [0.3, 0.4) is 0 Å². The van der Waals surface area contributed by atoms with E-state index < -0.39 is 0 Å². The summed E-state index contributed by atoms with van der Waals surface area (Å²) in [6, 6.07) is -0.119. The molecular weight excluding hydrogens is 270 g/mol. The second-order valence-corrected chi connectivity index (χ2v) is 5.72. The van der Waals surface area contributed by atoms with Gasteiger partial charge in [0.15, 0.2) is 0 Å². The highest BCUT2D eigenvalue weighted by Gasteiger charge is 2.29. The van der Waals surface area contributed by atoms with Gasteiger partial charge in [0, 0.05) is 38.9 Å². The SMILES string of the molecule is CC(NC(=O)C1CCCN(C(=O)N(C)C)C1)c1cn[nH]c1. The molecule has 0 saturated carbocycles. The van der Waals surface area contributed by atoms with E-state index in [0.717, 1.165) is 24.9 Å². The number of aromatic nitrogens is 2. The van der Waals surface area contributed by atoms with Crippen LogP contribution in [-0.2, 0) is 4.79 Å². The minimum Gasteiger partial charge on any atom is -0.349 e. The Morgan fingerprint density at radius 3 is 2.90 bits per heavy atom. The van der Waals surface area contributed by atoms with Crippen molar-refractivity contribution in [1.82, 2.24) is 25.3 Å². The molecule has 7 heteroatoms. The summed E-state index contributed by atoms with van der Waals surface area (Å²) in [4.78, 5) is 27.6. The first-order chi connectivity index (χ1) is 9.99. The predicted molar refractivity (Wildman–Crippen MR) is 78.5 cm³/mol. The van der Waals surface area contributed by atoms with Gasteiger partial charge in [0.05, 0.1) is 18.2 Å². The number of carbonyl (C=O) groups is 2. The van der Waals surface area contributed by atoms with Crippen LogP contribution >= 0.6 is 0 Å². The molecule has 1 aliphatic rings. The van der Waals surface area contributed by atoms with E-state index in [-0.39, 0.29) is 23.9 Å². The zero-order valence-corrected chi connectivity index (χ0v) is 12.8. The van der Waals surface area contributed by atoms with Gasteiger partial charge in [0.25, 0.3) is 0 Å². The second-order valence-electron chi connectivity index (χ2n) is 5.72. The average molecular weight is 293 g/mol. The van der Waals surface area contributed by atoms with Crippen molar-refractivity contribution < 1.29 is 9.59 Å². The summed E-state index contributed by atoms with van der Waals surface area (Å²) < 4.78 is 0. The molecule has 21 heavy (non-hydrogen) atoms. The number of H-pyrrole nitrogens is 1. The van der Waals surface area contributed by atoms with Gasteiger partial charge in [-0.1, -0.05) is 0 Å². The fraction of sp³-hybridized carbons (Fsp3) is 0.643. The molecular formula is C14H23N5O2. The maximum absolute atomic E-state index is 12.3. The molecule has 0 aromatic carbocycles.